The van der Waals surface area contributed by atoms with Gasteiger partial charge in [0.2, 0.25) is 0 Å². The topological polar surface area (TPSA) is 38.8 Å². The summed E-state index contributed by atoms with van der Waals surface area (Å²) in [7, 11) is 1.63. The van der Waals surface area contributed by atoms with Gasteiger partial charge in [0.25, 0.3) is 5.91 Å². The monoisotopic (exact) mass is 475 g/mol. The molecule has 31 heavy (non-hydrogen) atoms. The predicted octanol–water partition coefficient (Wildman–Crippen LogP) is 6.33. The van der Waals surface area contributed by atoms with Crippen molar-refractivity contribution in [3.05, 3.63) is 100 Å². The van der Waals surface area contributed by atoms with E-state index in [0.29, 0.717) is 17.9 Å². The highest BCUT2D eigenvalue weighted by molar-refractivity contribution is 9.10. The van der Waals surface area contributed by atoms with Crippen LogP contribution in [0.4, 0.5) is 5.69 Å². The van der Waals surface area contributed by atoms with E-state index in [1.807, 2.05) is 91.9 Å². The average molecular weight is 476 g/mol. The molecule has 0 fully saturated rings. The van der Waals surface area contributed by atoms with Crippen molar-refractivity contribution in [2.75, 3.05) is 18.6 Å². The molecule has 0 spiro atoms. The second kappa shape index (κ2) is 9.23. The van der Waals surface area contributed by atoms with Gasteiger partial charge < -0.3 is 9.47 Å². The number of ether oxygens (including phenoxy) is 2. The van der Waals surface area contributed by atoms with E-state index in [-0.39, 0.29) is 5.91 Å². The molecule has 156 valence electrons. The van der Waals surface area contributed by atoms with Crippen LogP contribution in [0.25, 0.3) is 11.8 Å². The third-order valence-electron chi connectivity index (χ3n) is 4.96. The third kappa shape index (κ3) is 4.28. The molecular weight excluding hydrogens is 454 g/mol. The largest absolute Gasteiger partial charge is 0.496 e. The molecule has 0 radical (unpaired) electrons. The summed E-state index contributed by atoms with van der Waals surface area (Å²) in [6.45, 7) is 2.45. The summed E-state index contributed by atoms with van der Waals surface area (Å²) in [5, 5.41) is 0. The highest BCUT2D eigenvalue weighted by Crippen LogP contribution is 2.40. The molecule has 4 rings (SSSR count). The molecule has 0 unspecified atom stereocenters. The van der Waals surface area contributed by atoms with Gasteiger partial charge in [0.15, 0.2) is 0 Å². The van der Waals surface area contributed by atoms with Crippen molar-refractivity contribution in [1.82, 2.24) is 0 Å². The smallest absolute Gasteiger partial charge is 0.263 e. The van der Waals surface area contributed by atoms with Crippen LogP contribution in [0, 0.1) is 0 Å². The number of nitrogens with zero attached hydrogens (tertiary/aromatic N) is 1. The van der Waals surface area contributed by atoms with E-state index in [4.69, 9.17) is 9.47 Å². The fourth-order valence-electron chi connectivity index (χ4n) is 3.55. The standard InChI is InChI=1S/C26H22BrNO3/c1-3-31-25-12-8-7-11-22(25)28-23(19-9-5-4-6-10-19)17-20(26(28)29)15-18-13-14-24(30-2)21(27)16-18/h4-17H,3H2,1-2H3/b20-15+. The number of benzene rings is 3. The van der Waals surface area contributed by atoms with E-state index < -0.39 is 0 Å². The fraction of sp³-hybridized carbons (Fsp3) is 0.115. The Kier molecular flexibility index (Phi) is 6.23. The van der Waals surface area contributed by atoms with Crippen LogP contribution in [0.15, 0.2) is 88.9 Å². The Morgan fingerprint density at radius 3 is 2.42 bits per heavy atom. The fourth-order valence-corrected chi connectivity index (χ4v) is 4.11. The third-order valence-corrected chi connectivity index (χ3v) is 5.58. The molecule has 0 aliphatic carbocycles. The molecule has 0 atom stereocenters. The van der Waals surface area contributed by atoms with Crippen LogP contribution in [0.2, 0.25) is 0 Å². The van der Waals surface area contributed by atoms with E-state index in [2.05, 4.69) is 15.9 Å². The summed E-state index contributed by atoms with van der Waals surface area (Å²) in [5.41, 5.74) is 4.00. The van der Waals surface area contributed by atoms with Crippen molar-refractivity contribution >= 4 is 39.3 Å². The van der Waals surface area contributed by atoms with E-state index in [9.17, 15) is 4.79 Å². The molecular formula is C26H22BrNO3. The first-order valence-electron chi connectivity index (χ1n) is 10.0. The molecule has 1 amide bonds. The Morgan fingerprint density at radius 2 is 1.71 bits per heavy atom. The van der Waals surface area contributed by atoms with Crippen LogP contribution >= 0.6 is 15.9 Å². The van der Waals surface area contributed by atoms with E-state index in [0.717, 1.165) is 32.7 Å². The van der Waals surface area contributed by atoms with E-state index >= 15 is 0 Å². The molecule has 1 heterocycles. The molecule has 1 aliphatic heterocycles. The molecule has 5 heteroatoms. The van der Waals surface area contributed by atoms with Gasteiger partial charge in [-0.25, -0.2) is 0 Å². The average Bonchev–Trinajstić information content (AvgIpc) is 3.11. The van der Waals surface area contributed by atoms with Gasteiger partial charge >= 0.3 is 0 Å². The lowest BCUT2D eigenvalue weighted by Crippen LogP contribution is -2.25. The minimum absolute atomic E-state index is 0.0991. The summed E-state index contributed by atoms with van der Waals surface area (Å²) in [6.07, 6.45) is 3.82. The Morgan fingerprint density at radius 1 is 0.968 bits per heavy atom. The Bertz CT molecular complexity index is 1170. The number of carbonyl (C=O) groups excluding carboxylic acids is 1. The Hall–Kier alpha value is -3.31. The lowest BCUT2D eigenvalue weighted by Gasteiger charge is -2.23. The molecule has 0 aromatic heterocycles. The highest BCUT2D eigenvalue weighted by atomic mass is 79.9. The number of rotatable bonds is 6. The van der Waals surface area contributed by atoms with Gasteiger partial charge in [0.1, 0.15) is 11.5 Å². The van der Waals surface area contributed by atoms with Gasteiger partial charge in [-0.1, -0.05) is 48.5 Å². The second-order valence-electron chi connectivity index (χ2n) is 6.93. The number of anilines is 1. The van der Waals surface area contributed by atoms with Crippen LogP contribution in [0.1, 0.15) is 18.1 Å². The molecule has 4 nitrogen and oxygen atoms in total. The van der Waals surface area contributed by atoms with Crippen LogP contribution in [-0.2, 0) is 4.79 Å². The minimum Gasteiger partial charge on any atom is -0.496 e. The number of para-hydroxylation sites is 2. The van der Waals surface area contributed by atoms with Crippen molar-refractivity contribution in [1.29, 1.82) is 0 Å². The highest BCUT2D eigenvalue weighted by Gasteiger charge is 2.32. The van der Waals surface area contributed by atoms with Crippen molar-refractivity contribution in [3.8, 4) is 11.5 Å². The number of methoxy groups -OCH3 is 1. The van der Waals surface area contributed by atoms with Gasteiger partial charge in [-0.15, -0.1) is 0 Å². The first-order chi connectivity index (χ1) is 15.1. The maximum absolute atomic E-state index is 13.6. The van der Waals surface area contributed by atoms with Crippen LogP contribution in [0.3, 0.4) is 0 Å². The van der Waals surface area contributed by atoms with Gasteiger partial charge in [-0.3, -0.25) is 9.69 Å². The first kappa shape index (κ1) is 20.9. The lowest BCUT2D eigenvalue weighted by atomic mass is 10.1. The summed E-state index contributed by atoms with van der Waals surface area (Å²) < 4.78 is 12.0. The van der Waals surface area contributed by atoms with E-state index in [1.54, 1.807) is 12.0 Å². The second-order valence-corrected chi connectivity index (χ2v) is 7.78. The molecule has 0 bridgehead atoms. The maximum atomic E-state index is 13.6. The van der Waals surface area contributed by atoms with Crippen LogP contribution in [0.5, 0.6) is 11.5 Å². The zero-order valence-corrected chi connectivity index (χ0v) is 18.9. The van der Waals surface area contributed by atoms with Gasteiger partial charge in [-0.05, 0) is 70.4 Å². The first-order valence-corrected chi connectivity index (χ1v) is 10.8. The molecule has 0 saturated carbocycles. The van der Waals surface area contributed by atoms with Crippen molar-refractivity contribution in [3.63, 3.8) is 0 Å². The number of carbonyl (C=O) groups is 1. The van der Waals surface area contributed by atoms with Gasteiger partial charge in [0.05, 0.1) is 29.6 Å². The van der Waals surface area contributed by atoms with Gasteiger partial charge in [0, 0.05) is 5.57 Å². The zero-order valence-electron chi connectivity index (χ0n) is 17.3. The van der Waals surface area contributed by atoms with Crippen LogP contribution < -0.4 is 14.4 Å². The van der Waals surface area contributed by atoms with Crippen molar-refractivity contribution in [2.24, 2.45) is 0 Å². The number of hydrogen-bond donors (Lipinski definition) is 0. The number of halogens is 1. The zero-order chi connectivity index (χ0) is 21.8. The van der Waals surface area contributed by atoms with Gasteiger partial charge in [-0.2, -0.15) is 0 Å². The van der Waals surface area contributed by atoms with Crippen LogP contribution in [-0.4, -0.2) is 19.6 Å². The predicted molar refractivity (Wildman–Crippen MR) is 128 cm³/mol. The summed E-state index contributed by atoms with van der Waals surface area (Å²) in [4.78, 5) is 15.3. The summed E-state index contributed by atoms with van der Waals surface area (Å²) in [5.74, 6) is 1.32. The van der Waals surface area contributed by atoms with Crippen molar-refractivity contribution in [2.45, 2.75) is 6.92 Å². The maximum Gasteiger partial charge on any atom is 0.263 e. The quantitative estimate of drug-likeness (QED) is 0.391. The van der Waals surface area contributed by atoms with E-state index in [1.165, 1.54) is 0 Å². The SMILES string of the molecule is CCOc1ccccc1N1C(=O)/C(=C/c2ccc(OC)c(Br)c2)C=C1c1ccccc1. The number of hydrogen-bond acceptors (Lipinski definition) is 3. The Balaban J connectivity index is 1.82. The minimum atomic E-state index is -0.0991. The molecule has 0 N–H and O–H groups in total. The normalized spacial score (nSPS) is 14.7. The molecule has 1 aliphatic rings. The summed E-state index contributed by atoms with van der Waals surface area (Å²) in [6, 6.07) is 23.3. The molecule has 0 saturated heterocycles. The van der Waals surface area contributed by atoms with Crippen molar-refractivity contribution < 1.29 is 14.3 Å². The Labute approximate surface area is 190 Å². The molecule has 3 aromatic carbocycles. The summed E-state index contributed by atoms with van der Waals surface area (Å²) >= 11 is 3.51. The lowest BCUT2D eigenvalue weighted by molar-refractivity contribution is -0.113. The molecule has 3 aromatic rings. The number of amides is 1.